The van der Waals surface area contributed by atoms with Gasteiger partial charge in [-0.3, -0.25) is 0 Å². The van der Waals surface area contributed by atoms with Gasteiger partial charge in [0, 0.05) is 0 Å². The van der Waals surface area contributed by atoms with Gasteiger partial charge >= 0.3 is 20.0 Å². The Balaban J connectivity index is 2.89. The molecule has 0 aliphatic rings. The second-order valence-corrected chi connectivity index (χ2v) is 2.56. The van der Waals surface area contributed by atoms with Crippen molar-refractivity contribution in [2.75, 3.05) is 7.11 Å². The highest BCUT2D eigenvalue weighted by Gasteiger charge is 2.07. The number of ether oxygens (including phenoxy) is 1. The summed E-state index contributed by atoms with van der Waals surface area (Å²) in [4.78, 5) is 22.1. The molecule has 1 aromatic rings. The predicted molar refractivity (Wildman–Crippen MR) is 51.7 cm³/mol. The number of methoxy groups -OCH3 is 1. The quantitative estimate of drug-likeness (QED) is 0.495. The summed E-state index contributed by atoms with van der Waals surface area (Å²) in [6.07, 6.45) is 0. The molecule has 1 aromatic carbocycles. The van der Waals surface area contributed by atoms with E-state index in [0.717, 1.165) is 0 Å². The third kappa shape index (κ3) is 2.13. The van der Waals surface area contributed by atoms with Crippen molar-refractivity contribution >= 4 is 20.0 Å². The van der Waals surface area contributed by atoms with E-state index >= 15 is 0 Å². The number of esters is 1. The number of hydrogen-bond acceptors (Lipinski definition) is 4. The molecule has 1 rings (SSSR count). The van der Waals surface area contributed by atoms with E-state index in [2.05, 4.69) is 9.39 Å². The van der Waals surface area contributed by atoms with Crippen molar-refractivity contribution < 1.29 is 19.0 Å². The molecular weight excluding hydrogens is 183 g/mol. The van der Waals surface area contributed by atoms with Gasteiger partial charge in [0.25, 0.3) is 0 Å². The number of hydrogen-bond donors (Lipinski definition) is 0. The lowest BCUT2D eigenvalue weighted by molar-refractivity contribution is 0.0599. The summed E-state index contributed by atoms with van der Waals surface area (Å²) in [5.74, 6) is -0.858. The summed E-state index contributed by atoms with van der Waals surface area (Å²) in [5.41, 5.74) is 0.806. The van der Waals surface area contributed by atoms with Crippen molar-refractivity contribution in [1.82, 2.24) is 0 Å². The Hall–Kier alpha value is -1.78. The van der Waals surface area contributed by atoms with Crippen LogP contribution in [0.25, 0.3) is 0 Å². The van der Waals surface area contributed by atoms with Gasteiger partial charge in [-0.25, -0.2) is 9.59 Å². The highest BCUT2D eigenvalue weighted by Crippen LogP contribution is 2.06. The van der Waals surface area contributed by atoms with Gasteiger partial charge in [-0.2, -0.15) is 0 Å². The Bertz CT molecular complexity index is 309. The normalized spacial score (nSPS) is 9.21. The molecule has 4 nitrogen and oxygen atoms in total. The van der Waals surface area contributed by atoms with Crippen molar-refractivity contribution in [2.45, 2.75) is 0 Å². The van der Waals surface area contributed by atoms with Gasteiger partial charge in [0.2, 0.25) is 0 Å². The van der Waals surface area contributed by atoms with Crippen LogP contribution in [0.15, 0.2) is 24.3 Å². The number of carbonyl (C=O) groups excluding carboxylic acids is 2. The molecule has 0 fully saturated rings. The van der Waals surface area contributed by atoms with Crippen LogP contribution in [-0.2, 0) is 9.39 Å². The van der Waals surface area contributed by atoms with Gasteiger partial charge in [0.1, 0.15) is 0 Å². The molecule has 0 spiro atoms. The topological polar surface area (TPSA) is 52.6 Å². The van der Waals surface area contributed by atoms with E-state index in [-0.39, 0.29) is 0 Å². The SMILES string of the molecule is BOC(=O)c1ccc(C(=O)OC)cc1. The number of rotatable bonds is 2. The van der Waals surface area contributed by atoms with Gasteiger partial charge in [-0.15, -0.1) is 0 Å². The molecule has 0 N–H and O–H groups in total. The van der Waals surface area contributed by atoms with Crippen molar-refractivity contribution in [3.05, 3.63) is 35.4 Å². The van der Waals surface area contributed by atoms with Crippen molar-refractivity contribution in [2.24, 2.45) is 0 Å². The van der Waals surface area contributed by atoms with Gasteiger partial charge < -0.3 is 9.39 Å². The Labute approximate surface area is 82.3 Å². The van der Waals surface area contributed by atoms with Gasteiger partial charge in [0.05, 0.1) is 18.2 Å². The summed E-state index contributed by atoms with van der Waals surface area (Å²) in [6.45, 7) is 0. The van der Waals surface area contributed by atoms with Crippen LogP contribution >= 0.6 is 0 Å². The molecule has 5 heteroatoms. The fraction of sp³-hybridized carbons (Fsp3) is 0.111. The molecule has 0 amide bonds. The maximum Gasteiger partial charge on any atom is 0.337 e. The van der Waals surface area contributed by atoms with Gasteiger partial charge in [0.15, 0.2) is 0 Å². The number of benzene rings is 1. The van der Waals surface area contributed by atoms with Crippen LogP contribution in [0.2, 0.25) is 0 Å². The molecule has 0 atom stereocenters. The average Bonchev–Trinajstić information content (AvgIpc) is 2.27. The monoisotopic (exact) mass is 192 g/mol. The third-order valence-electron chi connectivity index (χ3n) is 1.73. The Morgan fingerprint density at radius 2 is 1.50 bits per heavy atom. The largest absolute Gasteiger partial charge is 0.540 e. The first-order valence-electron chi connectivity index (χ1n) is 3.95. The zero-order chi connectivity index (χ0) is 10.6. The number of carbonyl (C=O) groups is 2. The fourth-order valence-electron chi connectivity index (χ4n) is 0.978. The lowest BCUT2D eigenvalue weighted by Gasteiger charge is -2.01. The lowest BCUT2D eigenvalue weighted by atomic mass is 10.1. The lowest BCUT2D eigenvalue weighted by Crippen LogP contribution is -2.04. The second-order valence-electron chi connectivity index (χ2n) is 2.56. The second kappa shape index (κ2) is 4.46. The van der Waals surface area contributed by atoms with E-state index in [0.29, 0.717) is 11.1 Å². The van der Waals surface area contributed by atoms with Crippen LogP contribution in [0.5, 0.6) is 0 Å². The first-order valence-corrected chi connectivity index (χ1v) is 3.95. The van der Waals surface area contributed by atoms with Crippen molar-refractivity contribution in [3.63, 3.8) is 0 Å². The molecule has 72 valence electrons. The fourth-order valence-corrected chi connectivity index (χ4v) is 0.978. The summed E-state index contributed by atoms with van der Waals surface area (Å²) < 4.78 is 9.02. The molecule has 14 heavy (non-hydrogen) atoms. The first-order chi connectivity index (χ1) is 6.69. The zero-order valence-electron chi connectivity index (χ0n) is 7.94. The molecule has 0 radical (unpaired) electrons. The molecule has 0 aromatic heterocycles. The van der Waals surface area contributed by atoms with Crippen molar-refractivity contribution in [1.29, 1.82) is 0 Å². The highest BCUT2D eigenvalue weighted by molar-refractivity contribution is 6.09. The average molecular weight is 192 g/mol. The minimum Gasteiger partial charge on any atom is -0.540 e. The van der Waals surface area contributed by atoms with E-state index in [1.165, 1.54) is 39.4 Å². The minimum atomic E-state index is -0.429. The molecule has 0 aliphatic carbocycles. The van der Waals surface area contributed by atoms with E-state index in [1.807, 2.05) is 0 Å². The van der Waals surface area contributed by atoms with E-state index in [9.17, 15) is 9.59 Å². The molecule has 0 unspecified atom stereocenters. The van der Waals surface area contributed by atoms with Crippen LogP contribution in [0.3, 0.4) is 0 Å². The molecule has 0 bridgehead atoms. The summed E-state index contributed by atoms with van der Waals surface area (Å²) in [7, 11) is 2.60. The van der Waals surface area contributed by atoms with Crippen LogP contribution in [0, 0.1) is 0 Å². The van der Waals surface area contributed by atoms with Crippen LogP contribution < -0.4 is 0 Å². The van der Waals surface area contributed by atoms with E-state index in [1.54, 1.807) is 0 Å². The molecule has 0 saturated carbocycles. The molecule has 0 saturated heterocycles. The van der Waals surface area contributed by atoms with Gasteiger partial charge in [-0.1, -0.05) is 0 Å². The highest BCUT2D eigenvalue weighted by atomic mass is 16.5. The Morgan fingerprint density at radius 1 is 1.07 bits per heavy atom. The van der Waals surface area contributed by atoms with E-state index in [4.69, 9.17) is 0 Å². The molecule has 0 aliphatic heterocycles. The van der Waals surface area contributed by atoms with Crippen molar-refractivity contribution in [3.8, 4) is 0 Å². The third-order valence-corrected chi connectivity index (χ3v) is 1.73. The van der Waals surface area contributed by atoms with E-state index < -0.39 is 11.9 Å². The van der Waals surface area contributed by atoms with Crippen LogP contribution in [0.1, 0.15) is 20.7 Å². The summed E-state index contributed by atoms with van der Waals surface area (Å²) in [5, 5.41) is 0. The standard InChI is InChI=1S/C9H9BO4/c1-13-8(11)6-2-4-7(5-3-6)9(12)14-10/h2-5H,10H2,1H3. The Morgan fingerprint density at radius 3 is 1.86 bits per heavy atom. The molecule has 0 heterocycles. The van der Waals surface area contributed by atoms with Crippen LogP contribution in [-0.4, -0.2) is 27.1 Å². The first kappa shape index (κ1) is 10.3. The van der Waals surface area contributed by atoms with Gasteiger partial charge in [-0.05, 0) is 24.3 Å². The zero-order valence-corrected chi connectivity index (χ0v) is 7.94. The summed E-state index contributed by atoms with van der Waals surface area (Å²) in [6, 6.07) is 6.05. The minimum absolute atomic E-state index is 0.403. The Kier molecular flexibility index (Phi) is 3.28. The summed E-state index contributed by atoms with van der Waals surface area (Å²) >= 11 is 0. The van der Waals surface area contributed by atoms with Crippen LogP contribution in [0.4, 0.5) is 0 Å². The molecular formula is C9H9BO4. The maximum absolute atomic E-state index is 11.0. The smallest absolute Gasteiger partial charge is 0.337 e. The predicted octanol–water partition coefficient (Wildman–Crippen LogP) is 0.178. The maximum atomic E-state index is 11.0.